The van der Waals surface area contributed by atoms with Crippen LogP contribution in [0.4, 0.5) is 0 Å². The topological polar surface area (TPSA) is 37.2 Å². The van der Waals surface area contributed by atoms with Crippen LogP contribution >= 0.6 is 0 Å². The molecule has 0 aromatic carbocycles. The smallest absolute Gasteiger partial charge is 0.0544 e. The van der Waals surface area contributed by atoms with Gasteiger partial charge in [0.15, 0.2) is 0 Å². The normalized spacial score (nSPS) is 15.8. The van der Waals surface area contributed by atoms with Crippen molar-refractivity contribution in [2.24, 2.45) is 0 Å². The Morgan fingerprint density at radius 2 is 1.92 bits per heavy atom. The Bertz CT molecular complexity index is 631. The minimum atomic E-state index is 0.607. The maximum Gasteiger partial charge on any atom is 0.0544 e. The van der Waals surface area contributed by atoms with Gasteiger partial charge in [0.2, 0.25) is 0 Å². The number of aromatic nitrogens is 3. The van der Waals surface area contributed by atoms with Gasteiger partial charge in [0.1, 0.15) is 0 Å². The summed E-state index contributed by atoms with van der Waals surface area (Å²) in [6.45, 7) is 4.02. The monoisotopic (exact) mass is 355 g/mol. The first-order valence-electron chi connectivity index (χ1n) is 10.0. The molecule has 0 aliphatic heterocycles. The molecule has 0 atom stereocenters. The van der Waals surface area contributed by atoms with Crippen molar-refractivity contribution < 1.29 is 0 Å². The fourth-order valence-corrected chi connectivity index (χ4v) is 3.81. The molecule has 0 bridgehead atoms. The van der Waals surface area contributed by atoms with Crippen molar-refractivity contribution in [2.45, 2.75) is 57.7 Å². The molecule has 1 fully saturated rings. The number of nitrogens with zero attached hydrogens (tertiary/aromatic N) is 5. The predicted molar refractivity (Wildman–Crippen MR) is 106 cm³/mol. The highest BCUT2D eigenvalue weighted by atomic mass is 15.3. The van der Waals surface area contributed by atoms with Crippen LogP contribution in [0.15, 0.2) is 36.8 Å². The molecule has 2 aromatic rings. The van der Waals surface area contributed by atoms with Crippen LogP contribution in [0.5, 0.6) is 0 Å². The third-order valence-corrected chi connectivity index (χ3v) is 5.20. The molecular weight excluding hydrogens is 322 g/mol. The Labute approximate surface area is 158 Å². The average molecular weight is 356 g/mol. The van der Waals surface area contributed by atoms with E-state index in [-0.39, 0.29) is 0 Å². The van der Waals surface area contributed by atoms with Crippen molar-refractivity contribution in [3.8, 4) is 0 Å². The molecule has 0 radical (unpaired) electrons. The SMILES string of the molecule is CN(C)CCCN(Cc1cnn(C2CCCCC2)c1)Cc1ccccn1. The Balaban J connectivity index is 1.61. The molecule has 0 amide bonds. The molecule has 2 heterocycles. The highest BCUT2D eigenvalue weighted by molar-refractivity contribution is 5.07. The lowest BCUT2D eigenvalue weighted by atomic mass is 9.96. The number of pyridine rings is 1. The van der Waals surface area contributed by atoms with E-state index in [1.807, 2.05) is 12.3 Å². The van der Waals surface area contributed by atoms with E-state index in [9.17, 15) is 0 Å². The molecule has 5 heteroatoms. The van der Waals surface area contributed by atoms with E-state index in [1.165, 1.54) is 37.7 Å². The van der Waals surface area contributed by atoms with E-state index < -0.39 is 0 Å². The van der Waals surface area contributed by atoms with E-state index in [4.69, 9.17) is 0 Å². The summed E-state index contributed by atoms with van der Waals surface area (Å²) >= 11 is 0. The first kappa shape index (κ1) is 19.1. The summed E-state index contributed by atoms with van der Waals surface area (Å²) in [6, 6.07) is 6.77. The standard InChI is InChI=1S/C21H33N5/c1-24(2)13-8-14-25(18-20-9-6-7-12-22-20)16-19-15-23-26(17-19)21-10-4-3-5-11-21/h6-7,9,12,15,17,21H,3-5,8,10-11,13-14,16,18H2,1-2H3. The second-order valence-electron chi connectivity index (χ2n) is 7.81. The molecule has 5 nitrogen and oxygen atoms in total. The lowest BCUT2D eigenvalue weighted by Gasteiger charge is -2.23. The fraction of sp³-hybridized carbons (Fsp3) is 0.619. The van der Waals surface area contributed by atoms with Gasteiger partial charge >= 0.3 is 0 Å². The minimum absolute atomic E-state index is 0.607. The number of rotatable bonds is 9. The largest absolute Gasteiger partial charge is 0.309 e. The summed E-state index contributed by atoms with van der Waals surface area (Å²) in [5, 5.41) is 4.67. The lowest BCUT2D eigenvalue weighted by Crippen LogP contribution is -2.27. The summed E-state index contributed by atoms with van der Waals surface area (Å²) in [7, 11) is 4.27. The zero-order valence-corrected chi connectivity index (χ0v) is 16.3. The highest BCUT2D eigenvalue weighted by Crippen LogP contribution is 2.27. The average Bonchev–Trinajstić information content (AvgIpc) is 3.11. The Morgan fingerprint density at radius 1 is 1.08 bits per heavy atom. The molecule has 0 unspecified atom stereocenters. The van der Waals surface area contributed by atoms with Gasteiger partial charge in [-0.25, -0.2) is 0 Å². The molecule has 2 aromatic heterocycles. The van der Waals surface area contributed by atoms with E-state index in [0.717, 1.165) is 38.3 Å². The van der Waals surface area contributed by atoms with Crippen LogP contribution in [0, 0.1) is 0 Å². The molecule has 26 heavy (non-hydrogen) atoms. The van der Waals surface area contributed by atoms with Crippen LogP contribution in [0.25, 0.3) is 0 Å². The molecule has 1 saturated carbocycles. The van der Waals surface area contributed by atoms with Crippen molar-refractivity contribution in [1.82, 2.24) is 24.6 Å². The van der Waals surface area contributed by atoms with Gasteiger partial charge in [-0.15, -0.1) is 0 Å². The van der Waals surface area contributed by atoms with E-state index in [2.05, 4.69) is 63.2 Å². The van der Waals surface area contributed by atoms with Crippen LogP contribution < -0.4 is 0 Å². The highest BCUT2D eigenvalue weighted by Gasteiger charge is 2.17. The predicted octanol–water partition coefficient (Wildman–Crippen LogP) is 3.74. The lowest BCUT2D eigenvalue weighted by molar-refractivity contribution is 0.237. The van der Waals surface area contributed by atoms with Crippen molar-refractivity contribution >= 4 is 0 Å². The van der Waals surface area contributed by atoms with Gasteiger partial charge in [0.25, 0.3) is 0 Å². The molecule has 0 saturated heterocycles. The van der Waals surface area contributed by atoms with Crippen molar-refractivity contribution in [1.29, 1.82) is 0 Å². The van der Waals surface area contributed by atoms with E-state index >= 15 is 0 Å². The number of hydrogen-bond acceptors (Lipinski definition) is 4. The second kappa shape index (κ2) is 9.83. The van der Waals surface area contributed by atoms with Gasteiger partial charge in [0.05, 0.1) is 17.9 Å². The number of hydrogen-bond donors (Lipinski definition) is 0. The Hall–Kier alpha value is -1.72. The van der Waals surface area contributed by atoms with Crippen LogP contribution in [0.3, 0.4) is 0 Å². The third-order valence-electron chi connectivity index (χ3n) is 5.20. The Morgan fingerprint density at radius 3 is 2.65 bits per heavy atom. The van der Waals surface area contributed by atoms with E-state index in [0.29, 0.717) is 6.04 Å². The van der Waals surface area contributed by atoms with Crippen LogP contribution in [0.2, 0.25) is 0 Å². The second-order valence-corrected chi connectivity index (χ2v) is 7.81. The Kier molecular flexibility index (Phi) is 7.21. The van der Waals surface area contributed by atoms with Gasteiger partial charge in [-0.3, -0.25) is 14.6 Å². The summed E-state index contributed by atoms with van der Waals surface area (Å²) in [6.07, 6.45) is 14.0. The molecule has 3 rings (SSSR count). The van der Waals surface area contributed by atoms with Gasteiger partial charge in [-0.05, 0) is 52.0 Å². The van der Waals surface area contributed by atoms with Crippen molar-refractivity contribution in [3.63, 3.8) is 0 Å². The summed E-state index contributed by atoms with van der Waals surface area (Å²) in [5.74, 6) is 0. The summed E-state index contributed by atoms with van der Waals surface area (Å²) in [4.78, 5) is 9.25. The van der Waals surface area contributed by atoms with E-state index in [1.54, 1.807) is 0 Å². The molecule has 142 valence electrons. The third kappa shape index (κ3) is 5.92. The fourth-order valence-electron chi connectivity index (χ4n) is 3.81. The van der Waals surface area contributed by atoms with Crippen LogP contribution in [-0.4, -0.2) is 51.7 Å². The zero-order valence-electron chi connectivity index (χ0n) is 16.3. The molecule has 0 N–H and O–H groups in total. The van der Waals surface area contributed by atoms with Gasteiger partial charge in [-0.2, -0.15) is 5.10 Å². The molecular formula is C21H33N5. The maximum absolute atomic E-state index is 4.67. The summed E-state index contributed by atoms with van der Waals surface area (Å²) < 4.78 is 2.22. The maximum atomic E-state index is 4.67. The van der Waals surface area contributed by atoms with Gasteiger partial charge in [0, 0.05) is 37.6 Å². The van der Waals surface area contributed by atoms with Gasteiger partial charge in [-0.1, -0.05) is 25.3 Å². The van der Waals surface area contributed by atoms with Gasteiger partial charge < -0.3 is 4.90 Å². The molecule has 0 spiro atoms. The van der Waals surface area contributed by atoms with Crippen LogP contribution in [0.1, 0.15) is 55.8 Å². The van der Waals surface area contributed by atoms with Crippen LogP contribution in [-0.2, 0) is 13.1 Å². The first-order valence-corrected chi connectivity index (χ1v) is 10.0. The first-order chi connectivity index (χ1) is 12.7. The van der Waals surface area contributed by atoms with Crippen molar-refractivity contribution in [2.75, 3.05) is 27.2 Å². The quantitative estimate of drug-likeness (QED) is 0.687. The summed E-state index contributed by atoms with van der Waals surface area (Å²) in [5.41, 5.74) is 2.45. The zero-order chi connectivity index (χ0) is 18.2. The molecule has 1 aliphatic carbocycles. The minimum Gasteiger partial charge on any atom is -0.309 e. The van der Waals surface area contributed by atoms with Crippen molar-refractivity contribution in [3.05, 3.63) is 48.0 Å². The molecule has 1 aliphatic rings.